The highest BCUT2D eigenvalue weighted by atomic mass is 16.5. The molecule has 0 radical (unpaired) electrons. The molecule has 2 aliphatic heterocycles. The van der Waals surface area contributed by atoms with Gasteiger partial charge in [0.25, 0.3) is 5.91 Å². The third-order valence-corrected chi connectivity index (χ3v) is 5.87. The number of carbonyl (C=O) groups excluding carboxylic acids is 1. The molecule has 29 heavy (non-hydrogen) atoms. The van der Waals surface area contributed by atoms with Crippen molar-refractivity contribution >= 4 is 11.7 Å². The Morgan fingerprint density at radius 2 is 1.93 bits per heavy atom. The van der Waals surface area contributed by atoms with E-state index in [4.69, 9.17) is 4.74 Å². The molecule has 4 heterocycles. The molecule has 7 nitrogen and oxygen atoms in total. The van der Waals surface area contributed by atoms with Gasteiger partial charge in [0.2, 0.25) is 0 Å². The van der Waals surface area contributed by atoms with Crippen molar-refractivity contribution in [3.8, 4) is 0 Å². The lowest BCUT2D eigenvalue weighted by Gasteiger charge is -2.40. The van der Waals surface area contributed by atoms with Crippen LogP contribution in [0.3, 0.4) is 0 Å². The van der Waals surface area contributed by atoms with Crippen molar-refractivity contribution < 1.29 is 9.53 Å². The van der Waals surface area contributed by atoms with Gasteiger partial charge >= 0.3 is 0 Å². The van der Waals surface area contributed by atoms with Gasteiger partial charge in [-0.15, -0.1) is 0 Å². The van der Waals surface area contributed by atoms with E-state index in [0.717, 1.165) is 63.6 Å². The summed E-state index contributed by atoms with van der Waals surface area (Å²) in [6, 6.07) is 8.36. The molecule has 1 amide bonds. The highest BCUT2D eigenvalue weighted by molar-refractivity contribution is 5.94. The average Bonchev–Trinajstić information content (AvgIpc) is 2.80. The van der Waals surface area contributed by atoms with Crippen molar-refractivity contribution in [1.82, 2.24) is 19.8 Å². The Morgan fingerprint density at radius 3 is 2.59 bits per heavy atom. The monoisotopic (exact) mass is 395 g/mol. The Hall–Kier alpha value is -2.51. The summed E-state index contributed by atoms with van der Waals surface area (Å²) in [5.74, 6) is 0.828. The van der Waals surface area contributed by atoms with Gasteiger partial charge in [0.15, 0.2) is 0 Å². The fourth-order valence-electron chi connectivity index (χ4n) is 4.10. The van der Waals surface area contributed by atoms with E-state index in [9.17, 15) is 4.79 Å². The quantitative estimate of drug-likeness (QED) is 0.839. The number of aromatic nitrogens is 2. The van der Waals surface area contributed by atoms with Gasteiger partial charge in [-0.2, -0.15) is 0 Å². The van der Waals surface area contributed by atoms with E-state index in [2.05, 4.69) is 27.1 Å². The highest BCUT2D eigenvalue weighted by Gasteiger charge is 2.28. The lowest BCUT2D eigenvalue weighted by molar-refractivity contribution is 0.00158. The molecule has 2 aromatic heterocycles. The molecule has 0 saturated carbocycles. The molecule has 0 bridgehead atoms. The number of nitrogens with zero attached hydrogens (tertiary/aromatic N) is 4. The van der Waals surface area contributed by atoms with Crippen LogP contribution >= 0.6 is 0 Å². The Balaban J connectivity index is 1.30. The Bertz CT molecular complexity index is 785. The van der Waals surface area contributed by atoms with Crippen LogP contribution in [0, 0.1) is 0 Å². The maximum atomic E-state index is 12.9. The van der Waals surface area contributed by atoms with Crippen molar-refractivity contribution in [2.24, 2.45) is 0 Å². The zero-order valence-corrected chi connectivity index (χ0v) is 17.0. The number of ether oxygens (including phenoxy) is 1. The number of morpholine rings is 1. The molecule has 7 heteroatoms. The fraction of sp³-hybridized carbons (Fsp3) is 0.500. The van der Waals surface area contributed by atoms with Gasteiger partial charge in [-0.3, -0.25) is 14.7 Å². The molecule has 2 fully saturated rings. The van der Waals surface area contributed by atoms with Crippen LogP contribution in [0.25, 0.3) is 0 Å². The molecule has 2 aliphatic rings. The molecule has 0 aliphatic carbocycles. The van der Waals surface area contributed by atoms with Crippen LogP contribution in [0.1, 0.15) is 41.7 Å². The lowest BCUT2D eigenvalue weighted by Crippen LogP contribution is -2.50. The zero-order valence-electron chi connectivity index (χ0n) is 17.0. The molecule has 2 aromatic rings. The molecule has 2 saturated heterocycles. The van der Waals surface area contributed by atoms with Gasteiger partial charge in [0.1, 0.15) is 5.82 Å². The first-order valence-corrected chi connectivity index (χ1v) is 10.4. The topological polar surface area (TPSA) is 70.6 Å². The number of rotatable bonds is 5. The second-order valence-corrected chi connectivity index (χ2v) is 7.76. The van der Waals surface area contributed by atoms with E-state index < -0.39 is 0 Å². The van der Waals surface area contributed by atoms with E-state index in [-0.39, 0.29) is 11.9 Å². The maximum absolute atomic E-state index is 12.9. The van der Waals surface area contributed by atoms with E-state index in [1.807, 2.05) is 35.4 Å². The predicted octanol–water partition coefficient (Wildman–Crippen LogP) is 2.59. The van der Waals surface area contributed by atoms with Crippen LogP contribution < -0.4 is 5.32 Å². The van der Waals surface area contributed by atoms with Gasteiger partial charge in [-0.1, -0.05) is 6.07 Å². The molecule has 1 unspecified atom stereocenters. The number of anilines is 1. The van der Waals surface area contributed by atoms with Crippen molar-refractivity contribution in [2.75, 3.05) is 44.7 Å². The summed E-state index contributed by atoms with van der Waals surface area (Å²) in [5.41, 5.74) is 1.74. The molecular formula is C22H29N5O2. The van der Waals surface area contributed by atoms with Gasteiger partial charge in [0, 0.05) is 50.8 Å². The maximum Gasteiger partial charge on any atom is 0.255 e. The van der Waals surface area contributed by atoms with E-state index in [1.165, 1.54) is 0 Å². The van der Waals surface area contributed by atoms with Gasteiger partial charge in [-0.25, -0.2) is 4.98 Å². The van der Waals surface area contributed by atoms with Gasteiger partial charge in [-0.05, 0) is 43.5 Å². The minimum absolute atomic E-state index is 0.0739. The SMILES string of the molecule is CC(Nc1ccc(C(=O)N2CCC(N3CCOCC3)CC2)cn1)c1cccnc1. The second kappa shape index (κ2) is 9.33. The van der Waals surface area contributed by atoms with Crippen molar-refractivity contribution in [3.05, 3.63) is 54.0 Å². The molecule has 1 N–H and O–H groups in total. The van der Waals surface area contributed by atoms with Crippen molar-refractivity contribution in [3.63, 3.8) is 0 Å². The predicted molar refractivity (Wildman–Crippen MR) is 112 cm³/mol. The molecule has 1 atom stereocenters. The number of piperidine rings is 1. The first-order valence-electron chi connectivity index (χ1n) is 10.4. The van der Waals surface area contributed by atoms with Crippen LogP contribution in [0.5, 0.6) is 0 Å². The van der Waals surface area contributed by atoms with Crippen LogP contribution in [-0.2, 0) is 4.74 Å². The van der Waals surface area contributed by atoms with Crippen LogP contribution in [0.15, 0.2) is 42.9 Å². The van der Waals surface area contributed by atoms with Gasteiger partial charge in [0.05, 0.1) is 24.8 Å². The Labute approximate surface area is 172 Å². The van der Waals surface area contributed by atoms with Crippen LogP contribution in [0.4, 0.5) is 5.82 Å². The summed E-state index contributed by atoms with van der Waals surface area (Å²) in [4.78, 5) is 25.9. The lowest BCUT2D eigenvalue weighted by atomic mass is 10.0. The summed E-state index contributed by atoms with van der Waals surface area (Å²) in [5, 5.41) is 3.35. The molecular weight excluding hydrogens is 366 g/mol. The summed E-state index contributed by atoms with van der Waals surface area (Å²) >= 11 is 0. The summed E-state index contributed by atoms with van der Waals surface area (Å²) < 4.78 is 5.45. The first-order chi connectivity index (χ1) is 14.2. The van der Waals surface area contributed by atoms with E-state index in [1.54, 1.807) is 12.4 Å². The third kappa shape index (κ3) is 4.92. The summed E-state index contributed by atoms with van der Waals surface area (Å²) in [6.45, 7) is 7.34. The Morgan fingerprint density at radius 1 is 1.14 bits per heavy atom. The van der Waals surface area contributed by atoms with E-state index in [0.29, 0.717) is 11.6 Å². The number of likely N-dealkylation sites (tertiary alicyclic amines) is 1. The first kappa shape index (κ1) is 19.8. The number of nitrogens with one attached hydrogen (secondary N) is 1. The molecule has 0 spiro atoms. The summed E-state index contributed by atoms with van der Waals surface area (Å²) in [6.07, 6.45) is 7.34. The second-order valence-electron chi connectivity index (χ2n) is 7.76. The third-order valence-electron chi connectivity index (χ3n) is 5.87. The average molecular weight is 396 g/mol. The van der Waals surface area contributed by atoms with E-state index >= 15 is 0 Å². The standard InChI is InChI=1S/C22H29N5O2/c1-17(18-3-2-8-23-15-18)25-21-5-4-19(16-24-21)22(28)27-9-6-20(7-10-27)26-11-13-29-14-12-26/h2-5,8,15-17,20H,6-7,9-14H2,1H3,(H,24,25). The molecule has 4 rings (SSSR count). The zero-order chi connectivity index (χ0) is 20.1. The van der Waals surface area contributed by atoms with Crippen molar-refractivity contribution in [1.29, 1.82) is 0 Å². The number of pyridine rings is 2. The van der Waals surface area contributed by atoms with Crippen LogP contribution in [-0.4, -0.2) is 71.1 Å². The molecule has 154 valence electrons. The number of carbonyl (C=O) groups is 1. The largest absolute Gasteiger partial charge is 0.379 e. The van der Waals surface area contributed by atoms with Gasteiger partial charge < -0.3 is 15.0 Å². The number of hydrogen-bond donors (Lipinski definition) is 1. The smallest absolute Gasteiger partial charge is 0.255 e. The van der Waals surface area contributed by atoms with Crippen molar-refractivity contribution in [2.45, 2.75) is 31.8 Å². The summed E-state index contributed by atoms with van der Waals surface area (Å²) in [7, 11) is 0. The number of hydrogen-bond acceptors (Lipinski definition) is 6. The minimum atomic E-state index is 0.0739. The number of amides is 1. The fourth-order valence-corrected chi connectivity index (χ4v) is 4.10. The highest BCUT2D eigenvalue weighted by Crippen LogP contribution is 2.21. The minimum Gasteiger partial charge on any atom is -0.379 e. The normalized spacial score (nSPS) is 19.7. The Kier molecular flexibility index (Phi) is 6.36. The van der Waals surface area contributed by atoms with Crippen LogP contribution in [0.2, 0.25) is 0 Å². The molecule has 0 aromatic carbocycles.